The van der Waals surface area contributed by atoms with E-state index >= 15 is 0 Å². The lowest BCUT2D eigenvalue weighted by atomic mass is 10.1. The standard InChI is InChI=1S/C22H34N6O4/c1-22(2,23)21(31)26-18(15-32-14-17-8-4-3-5-9-17)20-27-25-16-28(20)12-10-19(30)24-11-6-7-13-29/h3-5,8-9,16,18,29H,6-7,10-15,23H2,1-2H3,(H,24,30)(H,26,31)/t18-/m1/s1. The summed E-state index contributed by atoms with van der Waals surface area (Å²) in [5.41, 5.74) is 5.88. The largest absolute Gasteiger partial charge is 0.396 e. The van der Waals surface area contributed by atoms with E-state index in [1.807, 2.05) is 30.3 Å². The van der Waals surface area contributed by atoms with E-state index in [0.717, 1.165) is 12.0 Å². The molecule has 10 heteroatoms. The molecule has 0 aliphatic carbocycles. The summed E-state index contributed by atoms with van der Waals surface area (Å²) in [6.45, 7) is 4.77. The Hall–Kier alpha value is -2.82. The van der Waals surface area contributed by atoms with Crippen LogP contribution >= 0.6 is 0 Å². The Balaban J connectivity index is 2.00. The van der Waals surface area contributed by atoms with E-state index < -0.39 is 11.6 Å². The predicted octanol–water partition coefficient (Wildman–Crippen LogP) is 0.668. The van der Waals surface area contributed by atoms with Gasteiger partial charge < -0.3 is 30.8 Å². The van der Waals surface area contributed by atoms with Crippen LogP contribution in [0, 0.1) is 0 Å². The molecule has 1 atom stereocenters. The number of carbonyl (C=O) groups excluding carboxylic acids is 2. The number of aliphatic hydroxyl groups is 1. The highest BCUT2D eigenvalue weighted by atomic mass is 16.5. The van der Waals surface area contributed by atoms with Gasteiger partial charge in [0.25, 0.3) is 0 Å². The van der Waals surface area contributed by atoms with E-state index in [1.54, 1.807) is 18.4 Å². The zero-order valence-electron chi connectivity index (χ0n) is 18.8. The Morgan fingerprint density at radius 1 is 1.25 bits per heavy atom. The van der Waals surface area contributed by atoms with Crippen LogP contribution in [0.15, 0.2) is 36.7 Å². The van der Waals surface area contributed by atoms with Crippen molar-refractivity contribution in [2.45, 2.75) is 57.8 Å². The fourth-order valence-electron chi connectivity index (χ4n) is 2.87. The van der Waals surface area contributed by atoms with Gasteiger partial charge in [-0.05, 0) is 32.3 Å². The van der Waals surface area contributed by atoms with Crippen LogP contribution in [0.1, 0.15) is 50.5 Å². The number of hydrogen-bond acceptors (Lipinski definition) is 7. The lowest BCUT2D eigenvalue weighted by molar-refractivity contribution is -0.126. The molecule has 10 nitrogen and oxygen atoms in total. The number of hydrogen-bond donors (Lipinski definition) is 4. The molecule has 0 bridgehead atoms. The first kappa shape index (κ1) is 25.4. The Kier molecular flexibility index (Phi) is 10.3. The van der Waals surface area contributed by atoms with Crippen LogP contribution in [0.25, 0.3) is 0 Å². The van der Waals surface area contributed by atoms with Crippen molar-refractivity contribution < 1.29 is 19.4 Å². The van der Waals surface area contributed by atoms with Gasteiger partial charge in [0, 0.05) is 26.1 Å². The van der Waals surface area contributed by atoms with Gasteiger partial charge in [-0.1, -0.05) is 30.3 Å². The van der Waals surface area contributed by atoms with E-state index in [9.17, 15) is 9.59 Å². The summed E-state index contributed by atoms with van der Waals surface area (Å²) < 4.78 is 7.57. The molecule has 0 saturated carbocycles. The summed E-state index contributed by atoms with van der Waals surface area (Å²) in [7, 11) is 0. The van der Waals surface area contributed by atoms with Crippen LogP contribution in [0.5, 0.6) is 0 Å². The lowest BCUT2D eigenvalue weighted by Gasteiger charge is -2.24. The number of nitrogens with one attached hydrogen (secondary N) is 2. The summed E-state index contributed by atoms with van der Waals surface area (Å²) in [4.78, 5) is 24.6. The third-order valence-electron chi connectivity index (χ3n) is 4.73. The molecule has 2 aromatic rings. The normalized spacial score (nSPS) is 12.4. The van der Waals surface area contributed by atoms with Crippen molar-refractivity contribution in [3.63, 3.8) is 0 Å². The van der Waals surface area contributed by atoms with Crippen LogP contribution in [0.2, 0.25) is 0 Å². The number of aliphatic hydroxyl groups excluding tert-OH is 1. The van der Waals surface area contributed by atoms with Gasteiger partial charge in [-0.15, -0.1) is 10.2 Å². The molecule has 5 N–H and O–H groups in total. The molecule has 0 radical (unpaired) electrons. The summed E-state index contributed by atoms with van der Waals surface area (Å²) in [6, 6.07) is 9.13. The van der Waals surface area contributed by atoms with Crippen molar-refractivity contribution in [2.24, 2.45) is 5.73 Å². The van der Waals surface area contributed by atoms with Gasteiger partial charge in [0.05, 0.1) is 18.8 Å². The second-order valence-corrected chi connectivity index (χ2v) is 8.16. The van der Waals surface area contributed by atoms with Crippen LogP contribution < -0.4 is 16.4 Å². The molecule has 176 valence electrons. The molecule has 0 spiro atoms. The lowest BCUT2D eigenvalue weighted by Crippen LogP contribution is -2.51. The Morgan fingerprint density at radius 3 is 2.69 bits per heavy atom. The highest BCUT2D eigenvalue weighted by Gasteiger charge is 2.28. The number of unbranched alkanes of at least 4 members (excludes halogenated alkanes) is 1. The number of rotatable bonds is 14. The maximum atomic E-state index is 12.5. The quantitative estimate of drug-likeness (QED) is 0.312. The SMILES string of the molecule is CC(C)(N)C(=O)N[C@H](COCc1ccccc1)c1nncn1CCC(=O)NCCCCO. The third kappa shape index (κ3) is 8.74. The molecule has 2 rings (SSSR count). The maximum Gasteiger partial charge on any atom is 0.240 e. The van der Waals surface area contributed by atoms with Gasteiger partial charge in [-0.25, -0.2) is 0 Å². The first-order valence-corrected chi connectivity index (χ1v) is 10.8. The van der Waals surface area contributed by atoms with Gasteiger partial charge in [0.2, 0.25) is 11.8 Å². The van der Waals surface area contributed by atoms with E-state index in [1.165, 1.54) is 6.33 Å². The van der Waals surface area contributed by atoms with Crippen molar-refractivity contribution >= 4 is 11.8 Å². The second-order valence-electron chi connectivity index (χ2n) is 8.16. The maximum absolute atomic E-state index is 12.5. The molecule has 32 heavy (non-hydrogen) atoms. The molecule has 0 aliphatic heterocycles. The van der Waals surface area contributed by atoms with Gasteiger partial charge in [-0.3, -0.25) is 9.59 Å². The van der Waals surface area contributed by atoms with Gasteiger partial charge in [0.15, 0.2) is 5.82 Å². The van der Waals surface area contributed by atoms with Gasteiger partial charge >= 0.3 is 0 Å². The second kappa shape index (κ2) is 12.9. The Morgan fingerprint density at radius 2 is 2.00 bits per heavy atom. The number of aryl methyl sites for hydroxylation is 1. The Labute approximate surface area is 188 Å². The number of ether oxygens (including phenoxy) is 1. The summed E-state index contributed by atoms with van der Waals surface area (Å²) in [6.07, 6.45) is 3.13. The molecule has 2 amide bonds. The van der Waals surface area contributed by atoms with E-state index in [0.29, 0.717) is 31.9 Å². The Bertz CT molecular complexity index is 834. The first-order chi connectivity index (χ1) is 15.3. The van der Waals surface area contributed by atoms with Crippen molar-refractivity contribution in [3.05, 3.63) is 48.0 Å². The molecule has 1 aromatic heterocycles. The zero-order chi connectivity index (χ0) is 23.4. The number of aromatic nitrogens is 3. The van der Waals surface area contributed by atoms with Crippen molar-refractivity contribution in [1.82, 2.24) is 25.4 Å². The minimum atomic E-state index is -1.07. The predicted molar refractivity (Wildman–Crippen MR) is 119 cm³/mol. The molecule has 1 heterocycles. The molecule has 0 saturated heterocycles. The minimum Gasteiger partial charge on any atom is -0.396 e. The van der Waals surface area contributed by atoms with Crippen molar-refractivity contribution in [2.75, 3.05) is 19.8 Å². The van der Waals surface area contributed by atoms with E-state index in [2.05, 4.69) is 20.8 Å². The number of carbonyl (C=O) groups is 2. The summed E-state index contributed by atoms with van der Waals surface area (Å²) >= 11 is 0. The average molecular weight is 447 g/mol. The summed E-state index contributed by atoms with van der Waals surface area (Å²) in [5.74, 6) is 0.0392. The first-order valence-electron chi connectivity index (χ1n) is 10.8. The number of benzene rings is 1. The van der Waals surface area contributed by atoms with Crippen molar-refractivity contribution in [1.29, 1.82) is 0 Å². The highest BCUT2D eigenvalue weighted by molar-refractivity contribution is 5.85. The number of nitrogens with zero attached hydrogens (tertiary/aromatic N) is 3. The zero-order valence-corrected chi connectivity index (χ0v) is 18.8. The molecular weight excluding hydrogens is 412 g/mol. The fourth-order valence-corrected chi connectivity index (χ4v) is 2.87. The molecular formula is C22H34N6O4. The van der Waals surface area contributed by atoms with E-state index in [4.69, 9.17) is 15.6 Å². The van der Waals surface area contributed by atoms with Crippen LogP contribution in [-0.4, -0.2) is 57.0 Å². The van der Waals surface area contributed by atoms with Crippen LogP contribution in [0.4, 0.5) is 0 Å². The van der Waals surface area contributed by atoms with Gasteiger partial charge in [0.1, 0.15) is 12.4 Å². The highest BCUT2D eigenvalue weighted by Crippen LogP contribution is 2.14. The van der Waals surface area contributed by atoms with Crippen LogP contribution in [-0.2, 0) is 27.5 Å². The average Bonchev–Trinajstić information content (AvgIpc) is 3.23. The molecule has 0 unspecified atom stereocenters. The number of amides is 2. The summed E-state index contributed by atoms with van der Waals surface area (Å²) in [5, 5.41) is 22.6. The third-order valence-corrected chi connectivity index (χ3v) is 4.73. The minimum absolute atomic E-state index is 0.105. The molecule has 1 aromatic carbocycles. The molecule has 0 aliphatic rings. The monoisotopic (exact) mass is 446 g/mol. The van der Waals surface area contributed by atoms with Gasteiger partial charge in [-0.2, -0.15) is 0 Å². The topological polar surface area (TPSA) is 144 Å². The van der Waals surface area contributed by atoms with Crippen molar-refractivity contribution in [3.8, 4) is 0 Å². The molecule has 0 fully saturated rings. The smallest absolute Gasteiger partial charge is 0.240 e. The fraction of sp³-hybridized carbons (Fsp3) is 0.545. The number of nitrogens with two attached hydrogens (primary N) is 1. The van der Waals surface area contributed by atoms with Crippen LogP contribution in [0.3, 0.4) is 0 Å². The van der Waals surface area contributed by atoms with E-state index in [-0.39, 0.29) is 31.4 Å².